The van der Waals surface area contributed by atoms with Crippen LogP contribution >= 0.6 is 11.3 Å². The monoisotopic (exact) mass is 387 g/mol. The SMILES string of the molecule is CN=C(NCCc1ccc(OC)cc1)NCCc1csc(N2CCCC2)n1. The van der Waals surface area contributed by atoms with Crippen molar-refractivity contribution in [3.8, 4) is 5.75 Å². The molecule has 0 bridgehead atoms. The fraction of sp³-hybridized carbons (Fsp3) is 0.500. The zero-order valence-electron chi connectivity index (χ0n) is 16.2. The minimum Gasteiger partial charge on any atom is -0.497 e. The second-order valence-corrected chi connectivity index (χ2v) is 7.43. The number of hydrogen-bond donors (Lipinski definition) is 2. The molecule has 1 aliphatic rings. The molecule has 146 valence electrons. The topological polar surface area (TPSA) is 61.8 Å². The lowest BCUT2D eigenvalue weighted by molar-refractivity contribution is 0.414. The zero-order valence-corrected chi connectivity index (χ0v) is 17.0. The maximum atomic E-state index is 5.19. The number of aliphatic imine (C=N–C) groups is 1. The lowest BCUT2D eigenvalue weighted by Crippen LogP contribution is -2.39. The zero-order chi connectivity index (χ0) is 18.9. The summed E-state index contributed by atoms with van der Waals surface area (Å²) in [5.41, 5.74) is 2.43. The van der Waals surface area contributed by atoms with E-state index in [1.54, 1.807) is 25.5 Å². The fourth-order valence-corrected chi connectivity index (χ4v) is 4.03. The van der Waals surface area contributed by atoms with Crippen LogP contribution in [0.15, 0.2) is 34.6 Å². The third-order valence-electron chi connectivity index (χ3n) is 4.68. The Morgan fingerprint density at radius 2 is 1.85 bits per heavy atom. The van der Waals surface area contributed by atoms with Gasteiger partial charge >= 0.3 is 0 Å². The van der Waals surface area contributed by atoms with Gasteiger partial charge in [-0.1, -0.05) is 12.1 Å². The van der Waals surface area contributed by atoms with Crippen LogP contribution in [0.5, 0.6) is 5.75 Å². The van der Waals surface area contributed by atoms with Crippen LogP contribution in [-0.2, 0) is 12.8 Å². The van der Waals surface area contributed by atoms with E-state index in [-0.39, 0.29) is 0 Å². The molecule has 1 saturated heterocycles. The number of methoxy groups -OCH3 is 1. The van der Waals surface area contributed by atoms with Crippen molar-refractivity contribution in [3.05, 3.63) is 40.9 Å². The van der Waals surface area contributed by atoms with Crippen LogP contribution in [0.25, 0.3) is 0 Å². The Labute approximate surface area is 165 Å². The molecule has 3 rings (SSSR count). The molecule has 1 aliphatic heterocycles. The van der Waals surface area contributed by atoms with Gasteiger partial charge in [0, 0.05) is 45.0 Å². The molecule has 2 N–H and O–H groups in total. The Bertz CT molecular complexity index is 722. The smallest absolute Gasteiger partial charge is 0.190 e. The molecule has 0 amide bonds. The van der Waals surface area contributed by atoms with E-state index >= 15 is 0 Å². The third kappa shape index (κ3) is 5.85. The van der Waals surface area contributed by atoms with Gasteiger partial charge in [0.05, 0.1) is 12.8 Å². The van der Waals surface area contributed by atoms with Crippen LogP contribution < -0.4 is 20.3 Å². The van der Waals surface area contributed by atoms with E-state index in [0.29, 0.717) is 0 Å². The largest absolute Gasteiger partial charge is 0.497 e. The summed E-state index contributed by atoms with van der Waals surface area (Å²) in [5.74, 6) is 1.72. The summed E-state index contributed by atoms with van der Waals surface area (Å²) in [5, 5.41) is 10.1. The summed E-state index contributed by atoms with van der Waals surface area (Å²) in [4.78, 5) is 11.4. The number of benzene rings is 1. The van der Waals surface area contributed by atoms with Gasteiger partial charge in [-0.05, 0) is 37.0 Å². The first-order chi connectivity index (χ1) is 13.3. The molecule has 1 aromatic heterocycles. The van der Waals surface area contributed by atoms with E-state index in [4.69, 9.17) is 9.72 Å². The highest BCUT2D eigenvalue weighted by molar-refractivity contribution is 7.13. The van der Waals surface area contributed by atoms with Gasteiger partial charge in [-0.15, -0.1) is 11.3 Å². The van der Waals surface area contributed by atoms with Crippen molar-refractivity contribution in [2.45, 2.75) is 25.7 Å². The van der Waals surface area contributed by atoms with Crippen LogP contribution in [0.2, 0.25) is 0 Å². The molecule has 0 spiro atoms. The first kappa shape index (κ1) is 19.5. The molecule has 1 fully saturated rings. The quantitative estimate of drug-likeness (QED) is 0.539. The van der Waals surface area contributed by atoms with E-state index in [2.05, 4.69) is 38.0 Å². The van der Waals surface area contributed by atoms with Crippen LogP contribution in [0.1, 0.15) is 24.1 Å². The minimum absolute atomic E-state index is 0.825. The van der Waals surface area contributed by atoms with E-state index < -0.39 is 0 Å². The van der Waals surface area contributed by atoms with Gasteiger partial charge in [-0.25, -0.2) is 4.98 Å². The van der Waals surface area contributed by atoms with Gasteiger partial charge < -0.3 is 20.3 Å². The van der Waals surface area contributed by atoms with Crippen LogP contribution in [0, 0.1) is 0 Å². The number of nitrogens with zero attached hydrogens (tertiary/aromatic N) is 3. The Morgan fingerprint density at radius 1 is 1.15 bits per heavy atom. The lowest BCUT2D eigenvalue weighted by Gasteiger charge is -2.12. The highest BCUT2D eigenvalue weighted by Crippen LogP contribution is 2.24. The molecule has 0 unspecified atom stereocenters. The summed E-state index contributed by atoms with van der Waals surface area (Å²) in [6.45, 7) is 3.96. The van der Waals surface area contributed by atoms with Gasteiger partial charge in [-0.3, -0.25) is 4.99 Å². The van der Waals surface area contributed by atoms with Crippen molar-refractivity contribution in [1.29, 1.82) is 0 Å². The van der Waals surface area contributed by atoms with Gasteiger partial charge in [0.2, 0.25) is 0 Å². The van der Waals surface area contributed by atoms with Crippen molar-refractivity contribution in [3.63, 3.8) is 0 Å². The standard InChI is InChI=1S/C20H29N5OS/c1-21-19(22-11-9-16-5-7-18(26-2)8-6-16)23-12-10-17-15-27-20(24-17)25-13-3-4-14-25/h5-8,15H,3-4,9-14H2,1-2H3,(H2,21,22,23). The first-order valence-corrected chi connectivity index (χ1v) is 10.4. The second kappa shape index (κ2) is 10.2. The second-order valence-electron chi connectivity index (χ2n) is 6.59. The summed E-state index contributed by atoms with van der Waals surface area (Å²) >= 11 is 1.76. The molecule has 1 aromatic carbocycles. The lowest BCUT2D eigenvalue weighted by atomic mass is 10.1. The molecular formula is C20H29N5OS. The molecule has 6 nitrogen and oxygen atoms in total. The number of guanidine groups is 1. The highest BCUT2D eigenvalue weighted by Gasteiger charge is 2.15. The first-order valence-electron chi connectivity index (χ1n) is 9.55. The number of thiazole rings is 1. The molecule has 0 saturated carbocycles. The predicted molar refractivity (Wildman–Crippen MR) is 113 cm³/mol. The van der Waals surface area contributed by atoms with Crippen molar-refractivity contribution in [2.75, 3.05) is 45.2 Å². The number of anilines is 1. The molecular weight excluding hydrogens is 358 g/mol. The van der Waals surface area contributed by atoms with Crippen molar-refractivity contribution in [1.82, 2.24) is 15.6 Å². The maximum absolute atomic E-state index is 5.19. The molecule has 2 heterocycles. The van der Waals surface area contributed by atoms with Gasteiger partial charge in [0.25, 0.3) is 0 Å². The fourth-order valence-electron chi connectivity index (χ4n) is 3.11. The number of aromatic nitrogens is 1. The van der Waals surface area contributed by atoms with Crippen molar-refractivity contribution < 1.29 is 4.74 Å². The molecule has 7 heteroatoms. The number of rotatable bonds is 8. The Balaban J connectivity index is 1.36. The Hall–Kier alpha value is -2.28. The Kier molecular flexibility index (Phi) is 7.33. The van der Waals surface area contributed by atoms with Crippen LogP contribution in [0.4, 0.5) is 5.13 Å². The molecule has 27 heavy (non-hydrogen) atoms. The Morgan fingerprint density at radius 3 is 2.52 bits per heavy atom. The average Bonchev–Trinajstić information content (AvgIpc) is 3.39. The third-order valence-corrected chi connectivity index (χ3v) is 5.63. The summed E-state index contributed by atoms with van der Waals surface area (Å²) in [6, 6.07) is 8.17. The summed E-state index contributed by atoms with van der Waals surface area (Å²) in [6.07, 6.45) is 4.42. The maximum Gasteiger partial charge on any atom is 0.190 e. The molecule has 0 radical (unpaired) electrons. The van der Waals surface area contributed by atoms with Crippen LogP contribution in [0.3, 0.4) is 0 Å². The van der Waals surface area contributed by atoms with E-state index in [0.717, 1.165) is 56.4 Å². The molecule has 0 atom stereocenters. The van der Waals surface area contributed by atoms with Crippen LogP contribution in [-0.4, -0.2) is 51.3 Å². The predicted octanol–water partition coefficient (Wildman–Crippen LogP) is 2.70. The number of hydrogen-bond acceptors (Lipinski definition) is 5. The summed E-state index contributed by atoms with van der Waals surface area (Å²) in [7, 11) is 3.49. The average molecular weight is 388 g/mol. The van der Waals surface area contributed by atoms with Gasteiger partial charge in [0.15, 0.2) is 11.1 Å². The molecule has 0 aliphatic carbocycles. The normalized spacial score (nSPS) is 14.4. The van der Waals surface area contributed by atoms with E-state index in [1.807, 2.05) is 12.1 Å². The van der Waals surface area contributed by atoms with Crippen molar-refractivity contribution in [2.24, 2.45) is 4.99 Å². The number of ether oxygens (including phenoxy) is 1. The van der Waals surface area contributed by atoms with Gasteiger partial charge in [-0.2, -0.15) is 0 Å². The van der Waals surface area contributed by atoms with Gasteiger partial charge in [0.1, 0.15) is 5.75 Å². The highest BCUT2D eigenvalue weighted by atomic mass is 32.1. The van der Waals surface area contributed by atoms with E-state index in [1.165, 1.54) is 23.5 Å². The molecule has 2 aromatic rings. The van der Waals surface area contributed by atoms with Crippen molar-refractivity contribution >= 4 is 22.4 Å². The summed E-state index contributed by atoms with van der Waals surface area (Å²) < 4.78 is 5.19. The number of nitrogens with one attached hydrogen (secondary N) is 2. The minimum atomic E-state index is 0.825. The van der Waals surface area contributed by atoms with E-state index in [9.17, 15) is 0 Å².